The Morgan fingerprint density at radius 1 is 1.19 bits per heavy atom. The van der Waals surface area contributed by atoms with Crippen molar-refractivity contribution in [3.63, 3.8) is 0 Å². The van der Waals surface area contributed by atoms with Gasteiger partial charge in [-0.1, -0.05) is 24.3 Å². The molecule has 1 aliphatic heterocycles. The largest absolute Gasteiger partial charge is 0.497 e. The van der Waals surface area contributed by atoms with E-state index in [1.807, 2.05) is 24.3 Å². The number of hydrogen-bond acceptors (Lipinski definition) is 7. The summed E-state index contributed by atoms with van der Waals surface area (Å²) < 4.78 is 5.10. The van der Waals surface area contributed by atoms with Gasteiger partial charge in [-0.05, 0) is 35.5 Å². The third-order valence-corrected chi connectivity index (χ3v) is 4.40. The average molecular weight is 382 g/mol. The average Bonchev–Trinajstić information content (AvgIpc) is 3.02. The maximum atomic E-state index is 12.0. The molecule has 1 amide bonds. The summed E-state index contributed by atoms with van der Waals surface area (Å²) in [5.41, 5.74) is 1.37. The highest BCUT2D eigenvalue weighted by Crippen LogP contribution is 2.26. The number of carbonyl (C=O) groups excluding carboxylic acids is 1. The van der Waals surface area contributed by atoms with Crippen molar-refractivity contribution in [1.29, 1.82) is 0 Å². The number of hydrogen-bond donors (Lipinski definition) is 1. The normalized spacial score (nSPS) is 16.9. The number of amides is 1. The summed E-state index contributed by atoms with van der Waals surface area (Å²) >= 11 is 1.16. The molecule has 0 aliphatic carbocycles. The van der Waals surface area contributed by atoms with Gasteiger partial charge in [0, 0.05) is 17.7 Å². The zero-order chi connectivity index (χ0) is 19.2. The van der Waals surface area contributed by atoms with E-state index in [1.165, 1.54) is 18.3 Å². The van der Waals surface area contributed by atoms with E-state index in [9.17, 15) is 14.9 Å². The van der Waals surface area contributed by atoms with Gasteiger partial charge in [-0.2, -0.15) is 5.10 Å². The lowest BCUT2D eigenvalue weighted by molar-refractivity contribution is -0.384. The summed E-state index contributed by atoms with van der Waals surface area (Å²) in [6, 6.07) is 13.3. The molecule has 0 bridgehead atoms. The SMILES string of the molecule is COc1ccc(C=C2S/C(=N/N=Cc3cccc([N+](=O)[O-])c3)NC2=O)cc1. The highest BCUT2D eigenvalue weighted by molar-refractivity contribution is 8.18. The van der Waals surface area contributed by atoms with Gasteiger partial charge in [-0.3, -0.25) is 20.2 Å². The Bertz CT molecular complexity index is 968. The Balaban J connectivity index is 1.70. The highest BCUT2D eigenvalue weighted by Gasteiger charge is 2.23. The number of carbonyl (C=O) groups is 1. The summed E-state index contributed by atoms with van der Waals surface area (Å²) in [6.45, 7) is 0. The van der Waals surface area contributed by atoms with Crippen molar-refractivity contribution in [2.45, 2.75) is 0 Å². The first kappa shape index (κ1) is 18.3. The van der Waals surface area contributed by atoms with Crippen LogP contribution in [-0.2, 0) is 4.79 Å². The zero-order valence-corrected chi connectivity index (χ0v) is 15.0. The van der Waals surface area contributed by atoms with E-state index < -0.39 is 4.92 Å². The lowest BCUT2D eigenvalue weighted by Gasteiger charge is -1.99. The first-order chi connectivity index (χ1) is 13.0. The number of amidine groups is 1. The molecule has 2 aromatic rings. The zero-order valence-electron chi connectivity index (χ0n) is 14.2. The van der Waals surface area contributed by atoms with Crippen molar-refractivity contribution in [3.8, 4) is 5.75 Å². The second-order valence-corrected chi connectivity index (χ2v) is 6.37. The monoisotopic (exact) mass is 382 g/mol. The van der Waals surface area contributed by atoms with Crippen LogP contribution in [0.5, 0.6) is 5.75 Å². The lowest BCUT2D eigenvalue weighted by atomic mass is 10.2. The molecular weight excluding hydrogens is 368 g/mol. The van der Waals surface area contributed by atoms with Gasteiger partial charge in [0.2, 0.25) is 0 Å². The number of nitrogens with zero attached hydrogens (tertiary/aromatic N) is 3. The molecule has 0 unspecified atom stereocenters. The Morgan fingerprint density at radius 3 is 2.67 bits per heavy atom. The molecular formula is C18H14N4O4S. The smallest absolute Gasteiger partial charge is 0.270 e. The van der Waals surface area contributed by atoms with Crippen LogP contribution >= 0.6 is 11.8 Å². The van der Waals surface area contributed by atoms with Crippen LogP contribution in [0.3, 0.4) is 0 Å². The molecule has 9 heteroatoms. The van der Waals surface area contributed by atoms with Crippen molar-refractivity contribution in [3.05, 3.63) is 74.7 Å². The number of rotatable bonds is 5. The number of thioether (sulfide) groups is 1. The molecule has 0 spiro atoms. The fourth-order valence-electron chi connectivity index (χ4n) is 2.19. The van der Waals surface area contributed by atoms with E-state index in [2.05, 4.69) is 15.5 Å². The minimum atomic E-state index is -0.480. The summed E-state index contributed by atoms with van der Waals surface area (Å²) in [5.74, 6) is 0.471. The van der Waals surface area contributed by atoms with Crippen molar-refractivity contribution in [2.24, 2.45) is 10.2 Å². The van der Waals surface area contributed by atoms with Crippen molar-refractivity contribution < 1.29 is 14.5 Å². The fraction of sp³-hybridized carbons (Fsp3) is 0.0556. The Morgan fingerprint density at radius 2 is 1.96 bits per heavy atom. The third-order valence-electron chi connectivity index (χ3n) is 3.50. The van der Waals surface area contributed by atoms with Crippen molar-refractivity contribution >= 4 is 40.8 Å². The molecule has 27 heavy (non-hydrogen) atoms. The predicted molar refractivity (Wildman–Crippen MR) is 105 cm³/mol. The molecule has 0 radical (unpaired) electrons. The lowest BCUT2D eigenvalue weighted by Crippen LogP contribution is -2.19. The van der Waals surface area contributed by atoms with Crippen molar-refractivity contribution in [2.75, 3.05) is 7.11 Å². The van der Waals surface area contributed by atoms with Gasteiger partial charge < -0.3 is 4.74 Å². The fourth-order valence-corrected chi connectivity index (χ4v) is 2.97. The van der Waals surface area contributed by atoms with E-state index in [0.29, 0.717) is 15.6 Å². The molecule has 3 rings (SSSR count). The Labute approximate surface area is 158 Å². The van der Waals surface area contributed by atoms with Crippen LogP contribution in [0.2, 0.25) is 0 Å². The Kier molecular flexibility index (Phi) is 5.62. The number of nitrogens with one attached hydrogen (secondary N) is 1. The van der Waals surface area contributed by atoms with Crippen LogP contribution < -0.4 is 10.1 Å². The van der Waals surface area contributed by atoms with E-state index in [-0.39, 0.29) is 11.6 Å². The molecule has 2 aromatic carbocycles. The summed E-state index contributed by atoms with van der Waals surface area (Å²) in [7, 11) is 1.59. The van der Waals surface area contributed by atoms with Crippen LogP contribution in [0.1, 0.15) is 11.1 Å². The second-order valence-electron chi connectivity index (χ2n) is 5.34. The molecule has 0 aromatic heterocycles. The Hall–Kier alpha value is -3.46. The number of non-ortho nitro benzene ring substituents is 1. The van der Waals surface area contributed by atoms with Gasteiger partial charge >= 0.3 is 0 Å². The maximum Gasteiger partial charge on any atom is 0.270 e. The highest BCUT2D eigenvalue weighted by atomic mass is 32.2. The van der Waals surface area contributed by atoms with Gasteiger partial charge in [0.05, 0.1) is 23.2 Å². The minimum Gasteiger partial charge on any atom is -0.497 e. The van der Waals surface area contributed by atoms with Crippen LogP contribution in [0.15, 0.2) is 63.6 Å². The number of methoxy groups -OCH3 is 1. The van der Waals surface area contributed by atoms with E-state index >= 15 is 0 Å². The van der Waals surface area contributed by atoms with Crippen LogP contribution in [0.4, 0.5) is 5.69 Å². The molecule has 1 heterocycles. The molecule has 8 nitrogen and oxygen atoms in total. The number of ether oxygens (including phenoxy) is 1. The van der Waals surface area contributed by atoms with Crippen molar-refractivity contribution in [1.82, 2.24) is 5.32 Å². The number of nitro benzene ring substituents is 1. The predicted octanol–water partition coefficient (Wildman–Crippen LogP) is 3.20. The van der Waals surface area contributed by atoms with E-state index in [0.717, 1.165) is 23.1 Å². The summed E-state index contributed by atoms with van der Waals surface area (Å²) in [6.07, 6.45) is 3.13. The first-order valence-electron chi connectivity index (χ1n) is 7.75. The molecule has 0 atom stereocenters. The molecule has 1 aliphatic rings. The maximum absolute atomic E-state index is 12.0. The molecule has 136 valence electrons. The van der Waals surface area contributed by atoms with Gasteiger partial charge in [0.1, 0.15) is 5.75 Å². The quantitative estimate of drug-likeness (QED) is 0.370. The molecule has 1 saturated heterocycles. The topological polar surface area (TPSA) is 106 Å². The van der Waals surface area contributed by atoms with Gasteiger partial charge in [0.25, 0.3) is 11.6 Å². The first-order valence-corrected chi connectivity index (χ1v) is 8.57. The standard InChI is InChI=1S/C18H14N4O4S/c1-26-15-7-5-12(6-8-15)10-16-17(23)20-18(27-16)21-19-11-13-3-2-4-14(9-13)22(24)25/h2-11H,1H3,(H,20,21,23). The van der Waals surface area contributed by atoms with Crippen LogP contribution in [-0.4, -0.2) is 29.3 Å². The minimum absolute atomic E-state index is 0.0279. The van der Waals surface area contributed by atoms with Gasteiger partial charge in [-0.25, -0.2) is 0 Å². The van der Waals surface area contributed by atoms with Crippen LogP contribution in [0, 0.1) is 10.1 Å². The molecule has 1 N–H and O–H groups in total. The molecule has 1 fully saturated rings. The van der Waals surface area contributed by atoms with E-state index in [4.69, 9.17) is 4.74 Å². The molecule has 0 saturated carbocycles. The van der Waals surface area contributed by atoms with Crippen LogP contribution in [0.25, 0.3) is 6.08 Å². The summed E-state index contributed by atoms with van der Waals surface area (Å²) in [5, 5.41) is 21.6. The third kappa shape index (κ3) is 4.79. The second kappa shape index (κ2) is 8.28. The number of nitro groups is 1. The van der Waals surface area contributed by atoms with E-state index in [1.54, 1.807) is 25.3 Å². The van der Waals surface area contributed by atoms with Gasteiger partial charge in [-0.15, -0.1) is 5.10 Å². The number of benzene rings is 2. The van der Waals surface area contributed by atoms with Gasteiger partial charge in [0.15, 0.2) is 5.17 Å². The summed E-state index contributed by atoms with van der Waals surface area (Å²) in [4.78, 5) is 22.8.